The molecule has 142 valence electrons. The average Bonchev–Trinajstić information content (AvgIpc) is 2.73. The highest BCUT2D eigenvalue weighted by molar-refractivity contribution is 6.32. The minimum atomic E-state index is -0.408. The van der Waals surface area contributed by atoms with Crippen LogP contribution >= 0.6 is 11.6 Å². The maximum atomic E-state index is 12.5. The van der Waals surface area contributed by atoms with Crippen molar-refractivity contribution in [2.45, 2.75) is 6.54 Å². The number of ether oxygens (including phenoxy) is 1. The van der Waals surface area contributed by atoms with E-state index in [1.165, 1.54) is 6.20 Å². The molecule has 0 radical (unpaired) electrons. The summed E-state index contributed by atoms with van der Waals surface area (Å²) in [5.41, 5.74) is 1.74. The zero-order valence-electron chi connectivity index (χ0n) is 14.9. The Morgan fingerprint density at radius 1 is 0.964 bits per heavy atom. The summed E-state index contributed by atoms with van der Waals surface area (Å²) in [6, 6.07) is 19.6. The Kier molecular flexibility index (Phi) is 6.59. The topological polar surface area (TPSA) is 80.3 Å². The lowest BCUT2D eigenvalue weighted by atomic mass is 10.1. The summed E-state index contributed by atoms with van der Waals surface area (Å²) >= 11 is 5.92. The molecule has 2 aromatic carbocycles. The van der Waals surface area contributed by atoms with E-state index in [4.69, 9.17) is 16.3 Å². The van der Waals surface area contributed by atoms with E-state index in [-0.39, 0.29) is 17.7 Å². The molecule has 28 heavy (non-hydrogen) atoms. The highest BCUT2D eigenvalue weighted by Crippen LogP contribution is 2.19. The first-order valence-electron chi connectivity index (χ1n) is 8.58. The van der Waals surface area contributed by atoms with E-state index >= 15 is 0 Å². The largest absolute Gasteiger partial charge is 0.483 e. The van der Waals surface area contributed by atoms with Crippen LogP contribution in [0.15, 0.2) is 72.9 Å². The van der Waals surface area contributed by atoms with Gasteiger partial charge in [-0.15, -0.1) is 0 Å². The van der Waals surface area contributed by atoms with E-state index in [1.54, 1.807) is 36.4 Å². The number of amides is 2. The minimum Gasteiger partial charge on any atom is -0.483 e. The van der Waals surface area contributed by atoms with Crippen molar-refractivity contribution in [1.29, 1.82) is 0 Å². The van der Waals surface area contributed by atoms with Gasteiger partial charge in [-0.1, -0.05) is 54.1 Å². The third-order valence-electron chi connectivity index (χ3n) is 3.82. The summed E-state index contributed by atoms with van der Waals surface area (Å²) in [6.45, 7) is 0.127. The Bertz CT molecular complexity index is 964. The van der Waals surface area contributed by atoms with Crippen LogP contribution in [0.3, 0.4) is 0 Å². The van der Waals surface area contributed by atoms with Crippen LogP contribution in [0.2, 0.25) is 5.15 Å². The number of carbonyl (C=O) groups excluding carboxylic acids is 2. The van der Waals surface area contributed by atoms with E-state index in [2.05, 4.69) is 15.6 Å². The van der Waals surface area contributed by atoms with Gasteiger partial charge in [0.2, 0.25) is 0 Å². The number of nitrogens with zero attached hydrogens (tertiary/aromatic N) is 1. The third kappa shape index (κ3) is 5.31. The molecule has 1 aromatic heterocycles. The molecule has 7 heteroatoms. The predicted molar refractivity (Wildman–Crippen MR) is 107 cm³/mol. The Hall–Kier alpha value is -3.38. The highest BCUT2D eigenvalue weighted by atomic mass is 35.5. The molecule has 0 aliphatic heterocycles. The van der Waals surface area contributed by atoms with Crippen molar-refractivity contribution in [2.75, 3.05) is 11.9 Å². The molecule has 3 rings (SSSR count). The van der Waals surface area contributed by atoms with Crippen LogP contribution in [0.4, 0.5) is 5.69 Å². The molecule has 0 atom stereocenters. The minimum absolute atomic E-state index is 0.191. The Morgan fingerprint density at radius 3 is 2.50 bits per heavy atom. The van der Waals surface area contributed by atoms with Crippen LogP contribution in [0.25, 0.3) is 0 Å². The zero-order chi connectivity index (χ0) is 19.8. The van der Waals surface area contributed by atoms with Crippen LogP contribution in [-0.4, -0.2) is 23.4 Å². The van der Waals surface area contributed by atoms with Gasteiger partial charge in [-0.05, 0) is 29.8 Å². The summed E-state index contributed by atoms with van der Waals surface area (Å²) in [5, 5.41) is 5.65. The maximum absolute atomic E-state index is 12.5. The predicted octanol–water partition coefficient (Wildman–Crippen LogP) is 3.68. The van der Waals surface area contributed by atoms with Crippen molar-refractivity contribution < 1.29 is 14.3 Å². The van der Waals surface area contributed by atoms with Gasteiger partial charge in [-0.2, -0.15) is 0 Å². The lowest BCUT2D eigenvalue weighted by Crippen LogP contribution is -2.25. The number of carbonyl (C=O) groups is 2. The van der Waals surface area contributed by atoms with Crippen LogP contribution in [0.5, 0.6) is 5.75 Å². The second-order valence-corrected chi connectivity index (χ2v) is 6.20. The summed E-state index contributed by atoms with van der Waals surface area (Å²) < 4.78 is 5.55. The number of anilines is 1. The Balaban J connectivity index is 1.59. The van der Waals surface area contributed by atoms with Gasteiger partial charge in [0.1, 0.15) is 5.75 Å². The first-order valence-corrected chi connectivity index (χ1v) is 8.95. The molecule has 0 bridgehead atoms. The molecular formula is C21H18ClN3O3. The number of nitrogens with one attached hydrogen (secondary N) is 2. The lowest BCUT2D eigenvalue weighted by molar-refractivity contribution is -0.118. The third-order valence-corrected chi connectivity index (χ3v) is 4.12. The van der Waals surface area contributed by atoms with Gasteiger partial charge < -0.3 is 15.4 Å². The zero-order valence-corrected chi connectivity index (χ0v) is 15.6. The Morgan fingerprint density at radius 2 is 1.71 bits per heavy atom. The number of aromatic nitrogens is 1. The summed E-state index contributed by atoms with van der Waals surface area (Å²) in [5.74, 6) is -0.370. The second kappa shape index (κ2) is 9.53. The van der Waals surface area contributed by atoms with Gasteiger partial charge in [0, 0.05) is 12.7 Å². The van der Waals surface area contributed by atoms with Gasteiger partial charge >= 0.3 is 0 Å². The fourth-order valence-corrected chi connectivity index (χ4v) is 2.63. The fraction of sp³-hybridized carbons (Fsp3) is 0.0952. The second-order valence-electron chi connectivity index (χ2n) is 5.84. The molecule has 0 saturated heterocycles. The van der Waals surface area contributed by atoms with Crippen molar-refractivity contribution in [3.05, 3.63) is 89.2 Å². The van der Waals surface area contributed by atoms with Crippen LogP contribution in [0.1, 0.15) is 15.9 Å². The summed E-state index contributed by atoms with van der Waals surface area (Å²) in [7, 11) is 0. The number of rotatable bonds is 7. The first kappa shape index (κ1) is 19.4. The monoisotopic (exact) mass is 395 g/mol. The summed E-state index contributed by atoms with van der Waals surface area (Å²) in [6.07, 6.45) is 1.53. The highest BCUT2D eigenvalue weighted by Gasteiger charge is 2.14. The number of benzene rings is 2. The van der Waals surface area contributed by atoms with E-state index in [9.17, 15) is 9.59 Å². The van der Waals surface area contributed by atoms with E-state index < -0.39 is 5.91 Å². The van der Waals surface area contributed by atoms with Gasteiger partial charge in [-0.25, -0.2) is 4.98 Å². The van der Waals surface area contributed by atoms with Crippen molar-refractivity contribution in [3.8, 4) is 5.75 Å². The van der Waals surface area contributed by atoms with Crippen molar-refractivity contribution >= 4 is 29.1 Å². The normalized spacial score (nSPS) is 10.2. The van der Waals surface area contributed by atoms with Gasteiger partial charge in [0.25, 0.3) is 11.8 Å². The van der Waals surface area contributed by atoms with Crippen molar-refractivity contribution in [3.63, 3.8) is 0 Å². The van der Waals surface area contributed by atoms with Gasteiger partial charge in [0.15, 0.2) is 11.8 Å². The van der Waals surface area contributed by atoms with Crippen molar-refractivity contribution in [2.24, 2.45) is 0 Å². The number of para-hydroxylation sites is 1. The molecule has 2 N–H and O–H groups in total. The van der Waals surface area contributed by atoms with E-state index in [0.717, 1.165) is 5.56 Å². The molecule has 3 aromatic rings. The van der Waals surface area contributed by atoms with E-state index in [1.807, 2.05) is 30.3 Å². The standard InChI is InChI=1S/C21H18ClN3O3/c22-20-17(10-6-12-23-20)25-19(26)14-28-18-11-5-4-9-16(18)21(27)24-13-15-7-2-1-3-8-15/h1-12H,13-14H2,(H,24,27)(H,25,26). The molecule has 1 heterocycles. The lowest BCUT2D eigenvalue weighted by Gasteiger charge is -2.12. The van der Waals surface area contributed by atoms with Crippen LogP contribution in [-0.2, 0) is 11.3 Å². The van der Waals surface area contributed by atoms with Gasteiger partial charge in [-0.3, -0.25) is 9.59 Å². The van der Waals surface area contributed by atoms with Crippen molar-refractivity contribution in [1.82, 2.24) is 10.3 Å². The fourth-order valence-electron chi connectivity index (χ4n) is 2.46. The van der Waals surface area contributed by atoms with Crippen LogP contribution in [0, 0.1) is 0 Å². The molecule has 0 fully saturated rings. The molecule has 0 unspecified atom stereocenters. The molecule has 0 aliphatic rings. The van der Waals surface area contributed by atoms with Crippen LogP contribution < -0.4 is 15.4 Å². The number of halogens is 1. The average molecular weight is 396 g/mol. The molecule has 2 amide bonds. The number of pyridine rings is 1. The number of hydrogen-bond donors (Lipinski definition) is 2. The Labute approximate surface area is 167 Å². The molecule has 0 saturated carbocycles. The van der Waals surface area contributed by atoms with Gasteiger partial charge in [0.05, 0.1) is 11.3 Å². The molecular weight excluding hydrogens is 378 g/mol. The first-order chi connectivity index (χ1) is 13.6. The number of hydrogen-bond acceptors (Lipinski definition) is 4. The maximum Gasteiger partial charge on any atom is 0.262 e. The SMILES string of the molecule is O=C(COc1ccccc1C(=O)NCc1ccccc1)Nc1cccnc1Cl. The molecule has 6 nitrogen and oxygen atoms in total. The summed E-state index contributed by atoms with van der Waals surface area (Å²) in [4.78, 5) is 28.5. The quantitative estimate of drug-likeness (QED) is 0.598. The van der Waals surface area contributed by atoms with E-state index in [0.29, 0.717) is 23.5 Å². The molecule has 0 spiro atoms. The molecule has 0 aliphatic carbocycles. The smallest absolute Gasteiger partial charge is 0.262 e.